The van der Waals surface area contributed by atoms with Crippen molar-refractivity contribution >= 4 is 22.7 Å². The second-order valence-corrected chi connectivity index (χ2v) is 6.01. The van der Waals surface area contributed by atoms with Crippen molar-refractivity contribution in [1.82, 2.24) is 4.98 Å². The van der Waals surface area contributed by atoms with Gasteiger partial charge >= 0.3 is 0 Å². The van der Waals surface area contributed by atoms with Gasteiger partial charge in [0.25, 0.3) is 0 Å². The highest BCUT2D eigenvalue weighted by atomic mass is 32.2. The van der Waals surface area contributed by atoms with E-state index in [1.807, 2.05) is 19.1 Å². The summed E-state index contributed by atoms with van der Waals surface area (Å²) in [7, 11) is 0. The molecule has 19 heavy (non-hydrogen) atoms. The summed E-state index contributed by atoms with van der Waals surface area (Å²) in [6, 6.07) is 8.27. The smallest absolute Gasteiger partial charge is 0.144 e. The molecule has 0 saturated carbocycles. The Bertz CT molecular complexity index is 600. The summed E-state index contributed by atoms with van der Waals surface area (Å²) < 4.78 is 5.99. The maximum Gasteiger partial charge on any atom is 0.144 e. The average Bonchev–Trinajstić information content (AvgIpc) is 2.44. The topological polar surface area (TPSA) is 42.4 Å². The van der Waals surface area contributed by atoms with Crippen molar-refractivity contribution in [3.63, 3.8) is 0 Å². The molecule has 3 rings (SSSR count). The quantitative estimate of drug-likeness (QED) is 0.935. The van der Waals surface area contributed by atoms with Crippen LogP contribution in [0.2, 0.25) is 0 Å². The van der Waals surface area contributed by atoms with Gasteiger partial charge in [-0.25, -0.2) is 0 Å². The van der Waals surface area contributed by atoms with Crippen molar-refractivity contribution < 1.29 is 9.84 Å². The number of fused-ring (bicyclic) bond motifs is 3. The summed E-state index contributed by atoms with van der Waals surface area (Å²) in [6.07, 6.45) is 1.97. The van der Waals surface area contributed by atoms with E-state index in [1.165, 1.54) is 10.9 Å². The lowest BCUT2D eigenvalue weighted by Gasteiger charge is -2.26. The Morgan fingerprint density at radius 1 is 1.37 bits per heavy atom. The number of aromatic nitrogens is 1. The lowest BCUT2D eigenvalue weighted by atomic mass is 10.0. The number of hydrogen-bond acceptors (Lipinski definition) is 4. The molecule has 0 amide bonds. The predicted molar refractivity (Wildman–Crippen MR) is 78.8 cm³/mol. The van der Waals surface area contributed by atoms with Crippen LogP contribution in [0, 0.1) is 6.92 Å². The SMILES string of the molecule is Cc1ccc2ccc3c(c2n1)CCC(SCCO)O3. The summed E-state index contributed by atoms with van der Waals surface area (Å²) in [5.41, 5.74) is 3.49. The fourth-order valence-electron chi connectivity index (χ4n) is 2.44. The van der Waals surface area contributed by atoms with Gasteiger partial charge in [0.15, 0.2) is 0 Å². The number of ether oxygens (including phenoxy) is 1. The fraction of sp³-hybridized carbons (Fsp3) is 0.400. The number of pyridine rings is 1. The predicted octanol–water partition coefficient (Wildman–Crippen LogP) is 2.92. The van der Waals surface area contributed by atoms with E-state index in [2.05, 4.69) is 17.1 Å². The van der Waals surface area contributed by atoms with Gasteiger partial charge in [-0.2, -0.15) is 0 Å². The highest BCUT2D eigenvalue weighted by molar-refractivity contribution is 7.99. The van der Waals surface area contributed by atoms with Gasteiger partial charge < -0.3 is 9.84 Å². The highest BCUT2D eigenvalue weighted by Crippen LogP contribution is 2.35. The first-order chi connectivity index (χ1) is 9.28. The Labute approximate surface area is 117 Å². The van der Waals surface area contributed by atoms with Crippen LogP contribution in [0.5, 0.6) is 5.75 Å². The van der Waals surface area contributed by atoms with Crippen LogP contribution in [0.4, 0.5) is 0 Å². The van der Waals surface area contributed by atoms with Gasteiger partial charge in [-0.05, 0) is 38.0 Å². The molecule has 1 aliphatic heterocycles. The minimum atomic E-state index is 0.155. The number of hydrogen-bond donors (Lipinski definition) is 1. The molecular weight excluding hydrogens is 258 g/mol. The third kappa shape index (κ3) is 2.55. The maximum absolute atomic E-state index is 8.88. The molecule has 0 bridgehead atoms. The van der Waals surface area contributed by atoms with Gasteiger partial charge in [0.1, 0.15) is 11.2 Å². The van der Waals surface area contributed by atoms with Crippen molar-refractivity contribution in [2.24, 2.45) is 0 Å². The largest absolute Gasteiger partial charge is 0.479 e. The molecule has 0 aliphatic carbocycles. The zero-order chi connectivity index (χ0) is 13.2. The molecule has 2 aromatic rings. The van der Waals surface area contributed by atoms with E-state index in [0.29, 0.717) is 0 Å². The van der Waals surface area contributed by atoms with Gasteiger partial charge in [-0.15, -0.1) is 11.8 Å². The zero-order valence-electron chi connectivity index (χ0n) is 10.9. The van der Waals surface area contributed by atoms with Gasteiger partial charge in [-0.3, -0.25) is 4.98 Å². The molecule has 2 heterocycles. The van der Waals surface area contributed by atoms with E-state index < -0.39 is 0 Å². The summed E-state index contributed by atoms with van der Waals surface area (Å²) in [5, 5.41) is 10.1. The van der Waals surface area contributed by atoms with Gasteiger partial charge in [0.05, 0.1) is 12.1 Å². The molecule has 0 saturated heterocycles. The highest BCUT2D eigenvalue weighted by Gasteiger charge is 2.22. The molecule has 0 radical (unpaired) electrons. The van der Waals surface area contributed by atoms with Crippen molar-refractivity contribution in [2.45, 2.75) is 25.2 Å². The standard InChI is InChI=1S/C15H17NO2S/c1-10-2-3-11-4-6-13-12(15(11)16-10)5-7-14(18-13)19-9-8-17/h2-4,6,14,17H,5,7-9H2,1H3. The molecule has 4 heteroatoms. The molecule has 1 N–H and O–H groups in total. The van der Waals surface area contributed by atoms with Crippen LogP contribution >= 0.6 is 11.8 Å². The molecule has 0 spiro atoms. The van der Waals surface area contributed by atoms with E-state index in [4.69, 9.17) is 9.84 Å². The molecule has 1 aromatic heterocycles. The monoisotopic (exact) mass is 275 g/mol. The van der Waals surface area contributed by atoms with Crippen molar-refractivity contribution in [3.8, 4) is 5.75 Å². The van der Waals surface area contributed by atoms with Gasteiger partial charge in [-0.1, -0.05) is 6.07 Å². The fourth-order valence-corrected chi connectivity index (χ4v) is 3.27. The third-order valence-corrected chi connectivity index (χ3v) is 4.47. The zero-order valence-corrected chi connectivity index (χ0v) is 11.7. The Kier molecular flexibility index (Phi) is 3.62. The second kappa shape index (κ2) is 5.39. The number of thioether (sulfide) groups is 1. The Balaban J connectivity index is 1.94. The molecule has 1 unspecified atom stereocenters. The van der Waals surface area contributed by atoms with Crippen LogP contribution < -0.4 is 4.74 Å². The normalized spacial score (nSPS) is 18.1. The van der Waals surface area contributed by atoms with E-state index in [-0.39, 0.29) is 12.0 Å². The number of rotatable bonds is 3. The second-order valence-electron chi connectivity index (χ2n) is 4.75. The Morgan fingerprint density at radius 2 is 2.21 bits per heavy atom. The van der Waals surface area contributed by atoms with Crippen LogP contribution in [0.3, 0.4) is 0 Å². The molecule has 1 atom stereocenters. The first-order valence-corrected chi connectivity index (χ1v) is 7.61. The van der Waals surface area contributed by atoms with E-state index in [9.17, 15) is 0 Å². The first kappa shape index (κ1) is 12.8. The summed E-state index contributed by atoms with van der Waals surface area (Å²) in [5.74, 6) is 1.68. The molecule has 1 aliphatic rings. The maximum atomic E-state index is 8.88. The van der Waals surface area contributed by atoms with E-state index in [1.54, 1.807) is 11.8 Å². The molecule has 3 nitrogen and oxygen atoms in total. The molecule has 1 aromatic carbocycles. The third-order valence-electron chi connectivity index (χ3n) is 3.35. The first-order valence-electron chi connectivity index (χ1n) is 6.56. The minimum absolute atomic E-state index is 0.155. The van der Waals surface area contributed by atoms with Crippen LogP contribution in [-0.2, 0) is 6.42 Å². The van der Waals surface area contributed by atoms with Crippen LogP contribution in [0.25, 0.3) is 10.9 Å². The summed E-state index contributed by atoms with van der Waals surface area (Å²) in [4.78, 5) is 4.65. The molecule has 100 valence electrons. The van der Waals surface area contributed by atoms with Crippen molar-refractivity contribution in [1.29, 1.82) is 0 Å². The average molecular weight is 275 g/mol. The van der Waals surface area contributed by atoms with Gasteiger partial charge in [0, 0.05) is 22.4 Å². The summed E-state index contributed by atoms with van der Waals surface area (Å²) >= 11 is 1.68. The van der Waals surface area contributed by atoms with Gasteiger partial charge in [0.2, 0.25) is 0 Å². The molecule has 0 fully saturated rings. The minimum Gasteiger partial charge on any atom is -0.479 e. The van der Waals surface area contributed by atoms with E-state index >= 15 is 0 Å². The number of benzene rings is 1. The summed E-state index contributed by atoms with van der Waals surface area (Å²) in [6.45, 7) is 2.22. The van der Waals surface area contributed by atoms with Crippen LogP contribution in [0.15, 0.2) is 24.3 Å². The van der Waals surface area contributed by atoms with Crippen molar-refractivity contribution in [3.05, 3.63) is 35.5 Å². The number of aliphatic hydroxyl groups excluding tert-OH is 1. The Hall–Kier alpha value is -1.26. The van der Waals surface area contributed by atoms with Crippen LogP contribution in [-0.4, -0.2) is 27.9 Å². The number of nitrogens with zero attached hydrogens (tertiary/aromatic N) is 1. The van der Waals surface area contributed by atoms with Crippen LogP contribution in [0.1, 0.15) is 17.7 Å². The van der Waals surface area contributed by atoms with Crippen molar-refractivity contribution in [2.75, 3.05) is 12.4 Å². The lowest BCUT2D eigenvalue weighted by Crippen LogP contribution is -2.20. The number of aliphatic hydroxyl groups is 1. The lowest BCUT2D eigenvalue weighted by molar-refractivity contribution is 0.255. The Morgan fingerprint density at radius 3 is 3.05 bits per heavy atom. The number of aryl methyl sites for hydroxylation is 2. The molecular formula is C15H17NO2S. The van der Waals surface area contributed by atoms with E-state index in [0.717, 1.165) is 35.6 Å².